The Balaban J connectivity index is 0. The van der Waals surface area contributed by atoms with Gasteiger partial charge in [-0.1, -0.05) is 59.3 Å². The number of nitrogens with zero attached hydrogens (tertiary/aromatic N) is 1. The SMILES string of the molecule is CCC(C)(C)[N]=[Ta].CCC1CC[CH-]CC1.CCC1CC[CH-]CC1.[CH2-]CC. The van der Waals surface area contributed by atoms with E-state index in [1.165, 1.54) is 64.2 Å². The Bertz CT molecular complexity index is 258. The molecule has 0 aromatic heterocycles. The van der Waals surface area contributed by atoms with Crippen LogP contribution in [0.15, 0.2) is 3.34 Å². The van der Waals surface area contributed by atoms with Crippen LogP contribution in [0.1, 0.15) is 119 Å². The Hall–Kier alpha value is 0.540. The summed E-state index contributed by atoms with van der Waals surface area (Å²) in [5, 5.41) is 0. The maximum Gasteiger partial charge on any atom is -0.0465 e. The van der Waals surface area contributed by atoms with Gasteiger partial charge in [-0.25, -0.2) is 0 Å². The summed E-state index contributed by atoms with van der Waals surface area (Å²) in [5.41, 5.74) is 0.258. The Labute approximate surface area is 179 Å². The van der Waals surface area contributed by atoms with Crippen molar-refractivity contribution < 1.29 is 20.9 Å². The molecule has 2 fully saturated rings. The van der Waals surface area contributed by atoms with Gasteiger partial charge in [0.2, 0.25) is 0 Å². The van der Waals surface area contributed by atoms with Crippen LogP contribution in [0.25, 0.3) is 0 Å². The van der Waals surface area contributed by atoms with E-state index < -0.39 is 0 Å². The van der Waals surface area contributed by atoms with Gasteiger partial charge in [0.25, 0.3) is 0 Å². The first-order chi connectivity index (χ1) is 12.4. The van der Waals surface area contributed by atoms with Crippen LogP contribution in [0.5, 0.6) is 0 Å². The van der Waals surface area contributed by atoms with E-state index in [1.54, 1.807) is 0 Å². The monoisotopic (exact) mass is 531 g/mol. The van der Waals surface area contributed by atoms with Crippen LogP contribution in [0, 0.1) is 31.6 Å². The van der Waals surface area contributed by atoms with Crippen LogP contribution in [0.4, 0.5) is 0 Å². The summed E-state index contributed by atoms with van der Waals surface area (Å²) in [7, 11) is 0. The first-order valence-corrected chi connectivity index (χ1v) is 12.6. The molecule has 0 amide bonds. The third kappa shape index (κ3) is 19.3. The minimum Gasteiger partial charge on any atom is -0.344 e. The van der Waals surface area contributed by atoms with Gasteiger partial charge in [-0.2, -0.15) is 32.1 Å². The predicted octanol–water partition coefficient (Wildman–Crippen LogP) is 8.72. The van der Waals surface area contributed by atoms with Crippen molar-refractivity contribution in [2.45, 2.75) is 124 Å². The number of hydrogen-bond acceptors (Lipinski definition) is 1. The Kier molecular flexibility index (Phi) is 22.4. The van der Waals surface area contributed by atoms with Crippen molar-refractivity contribution in [3.63, 3.8) is 0 Å². The van der Waals surface area contributed by atoms with E-state index in [-0.39, 0.29) is 5.54 Å². The van der Waals surface area contributed by atoms with Crippen molar-refractivity contribution in [2.75, 3.05) is 0 Å². The zero-order chi connectivity index (χ0) is 20.3. The fraction of sp³-hybridized carbons (Fsp3) is 0.875. The average Bonchev–Trinajstić information content (AvgIpc) is 2.71. The van der Waals surface area contributed by atoms with Gasteiger partial charge in [0.1, 0.15) is 0 Å². The molecule has 0 spiro atoms. The van der Waals surface area contributed by atoms with Gasteiger partial charge >= 0.3 is 57.0 Å². The molecule has 157 valence electrons. The van der Waals surface area contributed by atoms with Crippen molar-refractivity contribution in [3.8, 4) is 0 Å². The van der Waals surface area contributed by atoms with E-state index in [9.17, 15) is 0 Å². The molecule has 1 nitrogen and oxygen atoms in total. The van der Waals surface area contributed by atoms with Gasteiger partial charge < -0.3 is 19.8 Å². The third-order valence-corrected chi connectivity index (χ3v) is 7.35. The zero-order valence-electron chi connectivity index (χ0n) is 18.9. The van der Waals surface area contributed by atoms with E-state index in [0.717, 1.165) is 45.6 Å². The summed E-state index contributed by atoms with van der Waals surface area (Å²) in [6.45, 7) is 16.6. The second-order valence-electron chi connectivity index (χ2n) is 8.20. The molecular formula is C24H48NTa-3. The largest absolute Gasteiger partial charge is 0.344 e. The summed E-state index contributed by atoms with van der Waals surface area (Å²) in [4.78, 5) is 0. The molecule has 2 rings (SSSR count). The molecule has 2 heteroatoms. The first-order valence-electron chi connectivity index (χ1n) is 11.2. The molecule has 0 aromatic carbocycles. The van der Waals surface area contributed by atoms with Crippen LogP contribution in [0.3, 0.4) is 0 Å². The van der Waals surface area contributed by atoms with E-state index in [2.05, 4.69) is 57.7 Å². The Morgan fingerprint density at radius 2 is 1.15 bits per heavy atom. The molecule has 0 aromatic rings. The van der Waals surface area contributed by atoms with E-state index in [0.29, 0.717) is 0 Å². The molecule has 2 aliphatic rings. The number of rotatable bonds is 4. The predicted molar refractivity (Wildman–Crippen MR) is 116 cm³/mol. The average molecular weight is 532 g/mol. The van der Waals surface area contributed by atoms with E-state index in [4.69, 9.17) is 0 Å². The molecule has 0 radical (unpaired) electrons. The van der Waals surface area contributed by atoms with Crippen LogP contribution >= 0.6 is 0 Å². The van der Waals surface area contributed by atoms with E-state index in [1.807, 2.05) is 6.92 Å². The van der Waals surface area contributed by atoms with Crippen LogP contribution in [-0.4, -0.2) is 5.54 Å². The molecular weight excluding hydrogens is 483 g/mol. The van der Waals surface area contributed by atoms with Crippen molar-refractivity contribution in [2.24, 2.45) is 15.2 Å². The second-order valence-corrected chi connectivity index (χ2v) is 8.92. The summed E-state index contributed by atoms with van der Waals surface area (Å²) in [5.74, 6) is 2.11. The minimum atomic E-state index is 0.258. The molecule has 2 aliphatic carbocycles. The van der Waals surface area contributed by atoms with Crippen LogP contribution in [-0.2, 0) is 20.9 Å². The molecule has 0 unspecified atom stereocenters. The molecule has 0 saturated heterocycles. The van der Waals surface area contributed by atoms with Crippen LogP contribution < -0.4 is 0 Å². The molecule has 26 heavy (non-hydrogen) atoms. The van der Waals surface area contributed by atoms with Gasteiger partial charge in [-0.3, -0.25) is 0 Å². The maximum absolute atomic E-state index is 4.25. The van der Waals surface area contributed by atoms with E-state index >= 15 is 0 Å². The topological polar surface area (TPSA) is 12.4 Å². The molecule has 2 saturated carbocycles. The molecule has 0 aliphatic heterocycles. The van der Waals surface area contributed by atoms with Crippen molar-refractivity contribution in [1.82, 2.24) is 0 Å². The maximum atomic E-state index is 4.25. The fourth-order valence-corrected chi connectivity index (χ4v) is 3.39. The van der Waals surface area contributed by atoms with Crippen molar-refractivity contribution >= 4 is 0 Å². The second kappa shape index (κ2) is 20.3. The standard InChI is InChI=1S/2C8H15.C5H11N.C3H7.Ta/c2*1-2-8-6-4-3-5-7-8;1-4-5(2,3)6;1-3-2;/h2*3,8H,2,4-7H2,1H3;4H2,1-3H3;1,3H2,2H3;/q2*-1;;-1;. The molecule has 0 N–H and O–H groups in total. The van der Waals surface area contributed by atoms with Crippen molar-refractivity contribution in [1.29, 1.82) is 0 Å². The normalized spacial score (nSPS) is 18.2. The third-order valence-electron chi connectivity index (χ3n) is 5.41. The van der Waals surface area contributed by atoms with Gasteiger partial charge in [0, 0.05) is 0 Å². The number of hydrogen-bond donors (Lipinski definition) is 0. The fourth-order valence-electron chi connectivity index (χ4n) is 2.88. The minimum absolute atomic E-state index is 0.258. The van der Waals surface area contributed by atoms with Gasteiger partial charge in [0.15, 0.2) is 0 Å². The van der Waals surface area contributed by atoms with Crippen molar-refractivity contribution in [3.05, 3.63) is 19.8 Å². The molecule has 0 heterocycles. The zero-order valence-corrected chi connectivity index (χ0v) is 22.1. The van der Waals surface area contributed by atoms with Gasteiger partial charge in [-0.15, -0.1) is 0 Å². The van der Waals surface area contributed by atoms with Gasteiger partial charge in [-0.05, 0) is 11.8 Å². The Morgan fingerprint density at radius 1 is 0.846 bits per heavy atom. The molecule has 0 bridgehead atoms. The summed E-state index contributed by atoms with van der Waals surface area (Å²) < 4.78 is 4.25. The summed E-state index contributed by atoms with van der Waals surface area (Å²) in [6, 6.07) is 0. The summed E-state index contributed by atoms with van der Waals surface area (Å²) in [6.07, 6.45) is 21.1. The molecule has 0 atom stereocenters. The Morgan fingerprint density at radius 3 is 1.27 bits per heavy atom. The summed E-state index contributed by atoms with van der Waals surface area (Å²) >= 11 is 1.16. The van der Waals surface area contributed by atoms with Gasteiger partial charge in [0.05, 0.1) is 0 Å². The van der Waals surface area contributed by atoms with Crippen LogP contribution in [0.2, 0.25) is 0 Å². The smallest absolute Gasteiger partial charge is 0.0465 e. The first kappa shape index (κ1) is 28.7. The quantitative estimate of drug-likeness (QED) is 0.322.